The Hall–Kier alpha value is -2.37. The molecule has 0 bridgehead atoms. The van der Waals surface area contributed by atoms with Crippen LogP contribution in [0.15, 0.2) is 24.3 Å². The van der Waals surface area contributed by atoms with Gasteiger partial charge in [0.1, 0.15) is 0 Å². The first-order valence-corrected chi connectivity index (χ1v) is 8.36. The van der Waals surface area contributed by atoms with Crippen molar-refractivity contribution in [3.8, 4) is 0 Å². The summed E-state index contributed by atoms with van der Waals surface area (Å²) in [5, 5.41) is 5.37. The molecule has 2 N–H and O–H groups in total. The molecular formula is C18H24N2O4. The Morgan fingerprint density at radius 2 is 1.92 bits per heavy atom. The van der Waals surface area contributed by atoms with Gasteiger partial charge >= 0.3 is 5.97 Å². The lowest BCUT2D eigenvalue weighted by atomic mass is 9.91. The highest BCUT2D eigenvalue weighted by molar-refractivity contribution is 5.92. The van der Waals surface area contributed by atoms with Gasteiger partial charge in [-0.2, -0.15) is 0 Å². The van der Waals surface area contributed by atoms with Crippen LogP contribution in [0.3, 0.4) is 0 Å². The maximum atomic E-state index is 12.6. The van der Waals surface area contributed by atoms with Gasteiger partial charge in [0.25, 0.3) is 0 Å². The predicted octanol–water partition coefficient (Wildman–Crippen LogP) is 1.42. The first kappa shape index (κ1) is 18.0. The number of carbonyl (C=O) groups excluding carboxylic acids is 3. The van der Waals surface area contributed by atoms with E-state index in [1.54, 1.807) is 6.92 Å². The molecule has 0 radical (unpaired) electrons. The van der Waals surface area contributed by atoms with Crippen LogP contribution in [0.4, 0.5) is 0 Å². The molecule has 6 nitrogen and oxygen atoms in total. The van der Waals surface area contributed by atoms with Crippen LogP contribution in [0.25, 0.3) is 0 Å². The third-order valence-electron chi connectivity index (χ3n) is 4.15. The first-order valence-electron chi connectivity index (χ1n) is 8.36. The third kappa shape index (κ3) is 3.75. The first-order chi connectivity index (χ1) is 11.5. The van der Waals surface area contributed by atoms with Crippen LogP contribution in [-0.2, 0) is 31.1 Å². The molecule has 2 rings (SSSR count). The molecule has 1 aliphatic rings. The molecule has 0 fully saturated rings. The van der Waals surface area contributed by atoms with Crippen molar-refractivity contribution in [2.45, 2.75) is 45.1 Å². The summed E-state index contributed by atoms with van der Waals surface area (Å²) in [5.41, 5.74) is 0.636. The SMILES string of the molecule is CCCC(=O)NCC(=O)NC1(C(=O)OCC)CCc2ccccc21. The Balaban J connectivity index is 2.16. The summed E-state index contributed by atoms with van der Waals surface area (Å²) in [5.74, 6) is -1.03. The molecule has 24 heavy (non-hydrogen) atoms. The number of aryl methyl sites for hydroxylation is 1. The molecule has 1 aromatic carbocycles. The van der Waals surface area contributed by atoms with Crippen LogP contribution in [-0.4, -0.2) is 30.9 Å². The average Bonchev–Trinajstić information content (AvgIpc) is 2.94. The standard InChI is InChI=1S/C18H24N2O4/c1-3-7-15(21)19-12-16(22)20-18(17(23)24-4-2)11-10-13-8-5-6-9-14(13)18/h5-6,8-9H,3-4,7,10-12H2,1-2H3,(H,19,21)(H,20,22). The van der Waals surface area contributed by atoms with E-state index in [1.165, 1.54) is 0 Å². The number of hydrogen-bond acceptors (Lipinski definition) is 4. The van der Waals surface area contributed by atoms with E-state index in [-0.39, 0.29) is 19.1 Å². The molecule has 1 atom stereocenters. The van der Waals surface area contributed by atoms with Crippen molar-refractivity contribution < 1.29 is 19.1 Å². The summed E-state index contributed by atoms with van der Waals surface area (Å²) in [6, 6.07) is 7.54. The van der Waals surface area contributed by atoms with Gasteiger partial charge in [-0.05, 0) is 37.3 Å². The molecular weight excluding hydrogens is 308 g/mol. The highest BCUT2D eigenvalue weighted by Gasteiger charge is 2.47. The monoisotopic (exact) mass is 332 g/mol. The zero-order chi connectivity index (χ0) is 17.6. The molecule has 0 aromatic heterocycles. The number of benzene rings is 1. The topological polar surface area (TPSA) is 84.5 Å². The second kappa shape index (κ2) is 7.95. The van der Waals surface area contributed by atoms with Crippen molar-refractivity contribution in [3.05, 3.63) is 35.4 Å². The van der Waals surface area contributed by atoms with E-state index in [2.05, 4.69) is 10.6 Å². The molecule has 1 aliphatic carbocycles. The summed E-state index contributed by atoms with van der Waals surface area (Å²) >= 11 is 0. The number of esters is 1. The Bertz CT molecular complexity index is 629. The van der Waals surface area contributed by atoms with Crippen molar-refractivity contribution in [2.24, 2.45) is 0 Å². The van der Waals surface area contributed by atoms with Crippen LogP contribution in [0.1, 0.15) is 44.2 Å². The minimum atomic E-state index is -1.17. The van der Waals surface area contributed by atoms with Crippen molar-refractivity contribution in [1.29, 1.82) is 0 Å². The van der Waals surface area contributed by atoms with Gasteiger partial charge in [-0.3, -0.25) is 9.59 Å². The number of ether oxygens (including phenoxy) is 1. The van der Waals surface area contributed by atoms with E-state index >= 15 is 0 Å². The van der Waals surface area contributed by atoms with E-state index in [0.29, 0.717) is 25.7 Å². The maximum Gasteiger partial charge on any atom is 0.336 e. The molecule has 1 unspecified atom stereocenters. The van der Waals surface area contributed by atoms with Gasteiger partial charge in [-0.25, -0.2) is 4.79 Å². The van der Waals surface area contributed by atoms with Crippen LogP contribution in [0.2, 0.25) is 0 Å². The van der Waals surface area contributed by atoms with Gasteiger partial charge in [-0.15, -0.1) is 0 Å². The molecule has 130 valence electrons. The molecule has 6 heteroatoms. The van der Waals surface area contributed by atoms with E-state index in [1.807, 2.05) is 31.2 Å². The van der Waals surface area contributed by atoms with Crippen LogP contribution in [0.5, 0.6) is 0 Å². The Labute approximate surface area is 142 Å². The Morgan fingerprint density at radius 3 is 2.62 bits per heavy atom. The second-order valence-electron chi connectivity index (χ2n) is 5.86. The Kier molecular flexibility index (Phi) is 5.95. The molecule has 0 saturated carbocycles. The van der Waals surface area contributed by atoms with E-state index in [4.69, 9.17) is 4.74 Å². The molecule has 1 aromatic rings. The molecule has 2 amide bonds. The summed E-state index contributed by atoms with van der Waals surface area (Å²) < 4.78 is 5.21. The van der Waals surface area contributed by atoms with Crippen molar-refractivity contribution in [2.75, 3.05) is 13.2 Å². The predicted molar refractivity (Wildman–Crippen MR) is 89.1 cm³/mol. The number of amides is 2. The van der Waals surface area contributed by atoms with Crippen molar-refractivity contribution >= 4 is 17.8 Å². The number of hydrogen-bond donors (Lipinski definition) is 2. The fourth-order valence-corrected chi connectivity index (χ4v) is 3.04. The molecule has 0 aliphatic heterocycles. The van der Waals surface area contributed by atoms with E-state index in [9.17, 15) is 14.4 Å². The smallest absolute Gasteiger partial charge is 0.336 e. The summed E-state index contributed by atoms with van der Waals surface area (Å²) in [6.45, 7) is 3.72. The average molecular weight is 332 g/mol. The fraction of sp³-hybridized carbons (Fsp3) is 0.500. The van der Waals surface area contributed by atoms with Crippen molar-refractivity contribution in [3.63, 3.8) is 0 Å². The molecule has 0 heterocycles. The van der Waals surface area contributed by atoms with Crippen LogP contribution >= 0.6 is 0 Å². The van der Waals surface area contributed by atoms with E-state index < -0.39 is 17.4 Å². The third-order valence-corrected chi connectivity index (χ3v) is 4.15. The number of rotatable bonds is 7. The lowest BCUT2D eigenvalue weighted by Gasteiger charge is -2.29. The largest absolute Gasteiger partial charge is 0.464 e. The Morgan fingerprint density at radius 1 is 1.17 bits per heavy atom. The van der Waals surface area contributed by atoms with Crippen LogP contribution in [0, 0.1) is 0 Å². The van der Waals surface area contributed by atoms with Crippen LogP contribution < -0.4 is 10.6 Å². The highest BCUT2D eigenvalue weighted by Crippen LogP contribution is 2.37. The van der Waals surface area contributed by atoms with Gasteiger partial charge in [0.15, 0.2) is 5.54 Å². The zero-order valence-corrected chi connectivity index (χ0v) is 14.2. The van der Waals surface area contributed by atoms with Gasteiger partial charge in [0.2, 0.25) is 11.8 Å². The van der Waals surface area contributed by atoms with Crippen molar-refractivity contribution in [1.82, 2.24) is 10.6 Å². The molecule has 0 saturated heterocycles. The lowest BCUT2D eigenvalue weighted by Crippen LogP contribution is -2.53. The number of carbonyl (C=O) groups is 3. The van der Waals surface area contributed by atoms with E-state index in [0.717, 1.165) is 11.1 Å². The number of fused-ring (bicyclic) bond motifs is 1. The quantitative estimate of drug-likeness (QED) is 0.740. The number of nitrogens with one attached hydrogen (secondary N) is 2. The van der Waals surface area contributed by atoms with Gasteiger partial charge in [-0.1, -0.05) is 31.2 Å². The maximum absolute atomic E-state index is 12.6. The zero-order valence-electron chi connectivity index (χ0n) is 14.2. The summed E-state index contributed by atoms with van der Waals surface area (Å²) in [6.07, 6.45) is 2.24. The minimum Gasteiger partial charge on any atom is -0.464 e. The molecule has 0 spiro atoms. The van der Waals surface area contributed by atoms with Gasteiger partial charge in [0, 0.05) is 6.42 Å². The minimum absolute atomic E-state index is 0.151. The van der Waals surface area contributed by atoms with Gasteiger partial charge < -0.3 is 15.4 Å². The fourth-order valence-electron chi connectivity index (χ4n) is 3.04. The normalized spacial score (nSPS) is 18.6. The summed E-state index contributed by atoms with van der Waals surface area (Å²) in [4.78, 5) is 36.4. The highest BCUT2D eigenvalue weighted by atomic mass is 16.5. The summed E-state index contributed by atoms with van der Waals surface area (Å²) in [7, 11) is 0. The van der Waals surface area contributed by atoms with Gasteiger partial charge in [0.05, 0.1) is 13.2 Å². The lowest BCUT2D eigenvalue weighted by molar-refractivity contribution is -0.153. The second-order valence-corrected chi connectivity index (χ2v) is 5.86.